The average molecular weight is 313 g/mol. The highest BCUT2D eigenvalue weighted by Gasteiger charge is 2.16. The Bertz CT molecular complexity index is 892. The monoisotopic (exact) mass is 313 g/mol. The number of nitrogens with one attached hydrogen (secondary N) is 1. The molecule has 0 spiro atoms. The number of nitrogens with zero attached hydrogens (tertiary/aromatic N) is 1. The van der Waals surface area contributed by atoms with Crippen molar-refractivity contribution in [3.8, 4) is 11.1 Å². The van der Waals surface area contributed by atoms with Crippen molar-refractivity contribution in [3.05, 3.63) is 42.2 Å². The number of nitrogen functional groups attached to an aromatic ring is 1. The molecule has 0 aliphatic heterocycles. The van der Waals surface area contributed by atoms with E-state index in [2.05, 4.69) is 23.0 Å². The fraction of sp³-hybridized carbons (Fsp3) is 0.235. The average Bonchev–Trinajstić information content (AvgIpc) is 2.88. The van der Waals surface area contributed by atoms with Gasteiger partial charge in [-0.25, -0.2) is 4.98 Å². The van der Waals surface area contributed by atoms with Gasteiger partial charge in [-0.3, -0.25) is 0 Å². The molecule has 22 heavy (non-hydrogen) atoms. The van der Waals surface area contributed by atoms with Crippen molar-refractivity contribution in [1.29, 1.82) is 0 Å². The molecule has 0 aliphatic rings. The minimum Gasteiger partial charge on any atom is -0.398 e. The minimum absolute atomic E-state index is 0.585. The molecule has 2 heterocycles. The zero-order valence-electron chi connectivity index (χ0n) is 13.1. The predicted molar refractivity (Wildman–Crippen MR) is 94.4 cm³/mol. The topological polar surface area (TPSA) is 71.8 Å². The molecule has 3 aromatic rings. The highest BCUT2D eigenvalue weighted by Crippen LogP contribution is 2.38. The van der Waals surface area contributed by atoms with Crippen molar-refractivity contribution < 1.29 is 4.57 Å². The van der Waals surface area contributed by atoms with E-state index in [0.29, 0.717) is 5.69 Å². The van der Waals surface area contributed by atoms with E-state index >= 15 is 0 Å². The van der Waals surface area contributed by atoms with E-state index in [1.807, 2.05) is 30.6 Å². The summed E-state index contributed by atoms with van der Waals surface area (Å²) < 4.78 is 12.4. The first kappa shape index (κ1) is 14.9. The number of fused-ring (bicyclic) bond motifs is 1. The van der Waals surface area contributed by atoms with E-state index in [1.165, 1.54) is 5.56 Å². The lowest BCUT2D eigenvalue weighted by Gasteiger charge is -2.12. The lowest BCUT2D eigenvalue weighted by Crippen LogP contribution is -2.09. The standard InChI is InChI=1S/C17H20N3OP/c1-4-11-9-19-17-14(11)7-13(10-20-17)12-5-6-15(18)16(8-12)22(2,3)21/h5-10H,4,18H2,1-3H3,(H,19,20). The van der Waals surface area contributed by atoms with Gasteiger partial charge in [-0.1, -0.05) is 13.0 Å². The van der Waals surface area contributed by atoms with Gasteiger partial charge < -0.3 is 15.3 Å². The van der Waals surface area contributed by atoms with Crippen LogP contribution in [0.25, 0.3) is 22.2 Å². The number of hydrogen-bond donors (Lipinski definition) is 2. The van der Waals surface area contributed by atoms with Crippen LogP contribution >= 0.6 is 7.14 Å². The molecule has 0 fully saturated rings. The van der Waals surface area contributed by atoms with Crippen molar-refractivity contribution in [1.82, 2.24) is 9.97 Å². The van der Waals surface area contributed by atoms with Crippen LogP contribution in [0.15, 0.2) is 36.7 Å². The highest BCUT2D eigenvalue weighted by molar-refractivity contribution is 7.70. The third-order valence-corrected chi connectivity index (χ3v) is 5.49. The van der Waals surface area contributed by atoms with Crippen molar-refractivity contribution in [3.63, 3.8) is 0 Å². The SMILES string of the molecule is CCc1c[nH]c2ncc(-c3ccc(N)c(P(C)(C)=O)c3)cc12. The second kappa shape index (κ2) is 5.29. The van der Waals surface area contributed by atoms with Crippen LogP contribution < -0.4 is 11.0 Å². The summed E-state index contributed by atoms with van der Waals surface area (Å²) in [6.07, 6.45) is 4.79. The number of aromatic nitrogens is 2. The van der Waals surface area contributed by atoms with Gasteiger partial charge in [0.2, 0.25) is 0 Å². The van der Waals surface area contributed by atoms with Crippen molar-refractivity contribution in [2.24, 2.45) is 0 Å². The van der Waals surface area contributed by atoms with Gasteiger partial charge in [-0.2, -0.15) is 0 Å². The number of benzene rings is 1. The Balaban J connectivity index is 2.17. The van der Waals surface area contributed by atoms with E-state index < -0.39 is 7.14 Å². The fourth-order valence-electron chi connectivity index (χ4n) is 2.70. The Morgan fingerprint density at radius 1 is 1.23 bits per heavy atom. The molecule has 3 rings (SSSR count). The zero-order chi connectivity index (χ0) is 15.9. The fourth-order valence-corrected chi connectivity index (χ4v) is 3.84. The number of hydrogen-bond acceptors (Lipinski definition) is 3. The van der Waals surface area contributed by atoms with Crippen LogP contribution in [0.4, 0.5) is 5.69 Å². The number of H-pyrrole nitrogens is 1. The van der Waals surface area contributed by atoms with Gasteiger partial charge in [-0.05, 0) is 49.1 Å². The summed E-state index contributed by atoms with van der Waals surface area (Å²) in [7, 11) is -2.41. The normalized spacial score (nSPS) is 12.0. The molecule has 0 bridgehead atoms. The minimum atomic E-state index is -2.41. The summed E-state index contributed by atoms with van der Waals surface area (Å²) in [4.78, 5) is 7.67. The lowest BCUT2D eigenvalue weighted by molar-refractivity contribution is 0.588. The van der Waals surface area contributed by atoms with Crippen molar-refractivity contribution in [2.45, 2.75) is 13.3 Å². The number of anilines is 1. The molecule has 0 atom stereocenters. The molecule has 0 unspecified atom stereocenters. The summed E-state index contributed by atoms with van der Waals surface area (Å²) >= 11 is 0. The third-order valence-electron chi connectivity index (χ3n) is 3.94. The Labute approximate surface area is 130 Å². The van der Waals surface area contributed by atoms with Gasteiger partial charge in [0, 0.05) is 34.3 Å². The van der Waals surface area contributed by atoms with E-state index in [-0.39, 0.29) is 0 Å². The number of nitrogens with two attached hydrogens (primary N) is 1. The summed E-state index contributed by atoms with van der Waals surface area (Å²) in [5, 5.41) is 1.87. The Morgan fingerprint density at radius 2 is 2.00 bits per heavy atom. The molecule has 0 amide bonds. The van der Waals surface area contributed by atoms with Crippen LogP contribution in [-0.2, 0) is 11.0 Å². The molecule has 0 saturated heterocycles. The zero-order valence-corrected chi connectivity index (χ0v) is 13.9. The summed E-state index contributed by atoms with van der Waals surface area (Å²) in [5.74, 6) is 0. The van der Waals surface area contributed by atoms with Gasteiger partial charge in [0.15, 0.2) is 0 Å². The van der Waals surface area contributed by atoms with Crippen LogP contribution in [-0.4, -0.2) is 23.3 Å². The molecule has 2 aromatic heterocycles. The maximum Gasteiger partial charge on any atom is 0.137 e. The van der Waals surface area contributed by atoms with Gasteiger partial charge >= 0.3 is 0 Å². The maximum atomic E-state index is 12.4. The first-order valence-corrected chi connectivity index (χ1v) is 9.91. The van der Waals surface area contributed by atoms with E-state index in [0.717, 1.165) is 33.9 Å². The third kappa shape index (κ3) is 2.55. The number of rotatable bonds is 3. The van der Waals surface area contributed by atoms with Crippen LogP contribution in [0.5, 0.6) is 0 Å². The summed E-state index contributed by atoms with van der Waals surface area (Å²) in [6.45, 7) is 5.61. The van der Waals surface area contributed by atoms with Gasteiger partial charge in [0.05, 0.1) is 0 Å². The van der Waals surface area contributed by atoms with Gasteiger partial charge in [0.1, 0.15) is 12.8 Å². The molecule has 0 saturated carbocycles. The van der Waals surface area contributed by atoms with Crippen molar-refractivity contribution in [2.75, 3.05) is 19.1 Å². The van der Waals surface area contributed by atoms with Crippen LogP contribution in [0, 0.1) is 0 Å². The first-order chi connectivity index (χ1) is 10.4. The highest BCUT2D eigenvalue weighted by atomic mass is 31.2. The molecule has 114 valence electrons. The van der Waals surface area contributed by atoms with E-state index in [4.69, 9.17) is 5.73 Å². The number of aryl methyl sites for hydroxylation is 1. The Morgan fingerprint density at radius 3 is 2.68 bits per heavy atom. The lowest BCUT2D eigenvalue weighted by atomic mass is 10.0. The summed E-state index contributed by atoms with van der Waals surface area (Å²) in [5.41, 5.74) is 10.7. The second-order valence-corrected chi connectivity index (χ2v) is 9.10. The van der Waals surface area contributed by atoms with Crippen LogP contribution in [0.2, 0.25) is 0 Å². The summed E-state index contributed by atoms with van der Waals surface area (Å²) in [6, 6.07) is 7.84. The molecular weight excluding hydrogens is 293 g/mol. The molecule has 5 heteroatoms. The number of pyridine rings is 1. The molecule has 0 radical (unpaired) electrons. The van der Waals surface area contributed by atoms with E-state index in [9.17, 15) is 4.57 Å². The van der Waals surface area contributed by atoms with Crippen LogP contribution in [0.3, 0.4) is 0 Å². The largest absolute Gasteiger partial charge is 0.398 e. The predicted octanol–water partition coefficient (Wildman–Crippen LogP) is 3.62. The second-order valence-electron chi connectivity index (χ2n) is 5.91. The molecule has 4 nitrogen and oxygen atoms in total. The van der Waals surface area contributed by atoms with Gasteiger partial charge in [0.25, 0.3) is 0 Å². The van der Waals surface area contributed by atoms with Crippen molar-refractivity contribution >= 4 is 29.2 Å². The smallest absolute Gasteiger partial charge is 0.137 e. The number of aromatic amines is 1. The molecule has 0 aliphatic carbocycles. The van der Waals surface area contributed by atoms with Gasteiger partial charge in [-0.15, -0.1) is 0 Å². The van der Waals surface area contributed by atoms with Crippen LogP contribution in [0.1, 0.15) is 12.5 Å². The Kier molecular flexibility index (Phi) is 3.57. The molecular formula is C17H20N3OP. The van der Waals surface area contributed by atoms with E-state index in [1.54, 1.807) is 13.3 Å². The Hall–Kier alpha value is -2.06. The first-order valence-electron chi connectivity index (χ1n) is 7.31. The maximum absolute atomic E-state index is 12.4. The quantitative estimate of drug-likeness (QED) is 0.573. The molecule has 3 N–H and O–H groups in total. The molecule has 1 aromatic carbocycles.